The maximum absolute atomic E-state index is 11.0. The number of carboxylic acids is 1. The first-order valence-corrected chi connectivity index (χ1v) is 9.43. The number of rotatable bonds is 13. The molecule has 24 heavy (non-hydrogen) atoms. The average molecular weight is 352 g/mol. The van der Waals surface area contributed by atoms with Crippen LogP contribution >= 0.6 is 0 Å². The van der Waals surface area contributed by atoms with Crippen LogP contribution in [0.5, 0.6) is 0 Å². The molecule has 1 fully saturated rings. The number of nitrogens with one attached hydrogen (secondary N) is 1. The summed E-state index contributed by atoms with van der Waals surface area (Å²) in [5.74, 6) is -0.828. The summed E-state index contributed by atoms with van der Waals surface area (Å²) in [6, 6.07) is 0. The first kappa shape index (κ1) is 24.4. The van der Waals surface area contributed by atoms with Gasteiger partial charge in [-0.15, -0.1) is 0 Å². The third-order valence-electron chi connectivity index (χ3n) is 5.06. The van der Waals surface area contributed by atoms with Crippen molar-refractivity contribution in [2.24, 2.45) is 0 Å². The Labute approximate surface area is 169 Å². The van der Waals surface area contributed by atoms with E-state index in [0.29, 0.717) is 6.54 Å². The molecule has 0 amide bonds. The van der Waals surface area contributed by atoms with Gasteiger partial charge in [0.05, 0.1) is 18.3 Å². The summed E-state index contributed by atoms with van der Waals surface area (Å²) < 4.78 is 0. The summed E-state index contributed by atoms with van der Waals surface area (Å²) >= 11 is 0. The van der Waals surface area contributed by atoms with Gasteiger partial charge in [-0.05, 0) is 13.3 Å². The van der Waals surface area contributed by atoms with Crippen LogP contribution in [-0.2, 0) is 4.79 Å². The van der Waals surface area contributed by atoms with Gasteiger partial charge in [0.15, 0.2) is 0 Å². The summed E-state index contributed by atoms with van der Waals surface area (Å²) in [6.07, 6.45) is 11.6. The van der Waals surface area contributed by atoms with E-state index in [2.05, 4.69) is 12.2 Å². The molecule has 0 aliphatic carbocycles. The molecule has 0 aromatic carbocycles. The Kier molecular flexibility index (Phi) is 13.7. The molecule has 1 saturated heterocycles. The van der Waals surface area contributed by atoms with Gasteiger partial charge in [-0.1, -0.05) is 64.7 Å². The summed E-state index contributed by atoms with van der Waals surface area (Å²) in [7, 11) is 0. The maximum atomic E-state index is 11.0. The molecule has 138 valence electrons. The van der Waals surface area contributed by atoms with Crippen molar-refractivity contribution in [1.82, 2.24) is 10.2 Å². The van der Waals surface area contributed by atoms with Gasteiger partial charge in [0.1, 0.15) is 0 Å². The zero-order valence-corrected chi connectivity index (χ0v) is 15.0. The molecule has 1 aliphatic rings. The number of carbonyl (C=O) groups is 1. The number of aliphatic hydroxyl groups excluding tert-OH is 1. The zero-order valence-electron chi connectivity index (χ0n) is 15.0. The Hall–Kier alpha value is 0.350. The fourth-order valence-corrected chi connectivity index (χ4v) is 3.67. The summed E-state index contributed by atoms with van der Waals surface area (Å²) in [5, 5.41) is 22.6. The number of nitrogens with zero attached hydrogens (tertiary/aromatic N) is 1. The van der Waals surface area contributed by atoms with Crippen LogP contribution in [-0.4, -0.2) is 82.0 Å². The number of unbranched alkanes of at least 4 members (excludes halogenated alkanes) is 8. The van der Waals surface area contributed by atoms with E-state index < -0.39 is 17.7 Å². The Morgan fingerprint density at radius 1 is 1.12 bits per heavy atom. The quantitative estimate of drug-likeness (QED) is 0.350. The normalized spacial score (nSPS) is 22.3. The van der Waals surface area contributed by atoms with Crippen LogP contribution in [0.3, 0.4) is 0 Å². The molecule has 3 N–H and O–H groups in total. The minimum absolute atomic E-state index is 0. The second kappa shape index (κ2) is 13.5. The SMILES string of the molecule is CCCCCCCCCCCC1(C(C)O)NCCN1CC(=O)O.[NaH]. The van der Waals surface area contributed by atoms with E-state index in [1.165, 1.54) is 44.9 Å². The fourth-order valence-electron chi connectivity index (χ4n) is 3.67. The predicted molar refractivity (Wildman–Crippen MR) is 101 cm³/mol. The Morgan fingerprint density at radius 2 is 1.67 bits per heavy atom. The van der Waals surface area contributed by atoms with E-state index in [4.69, 9.17) is 5.11 Å². The van der Waals surface area contributed by atoms with Gasteiger partial charge in [-0.2, -0.15) is 0 Å². The first-order chi connectivity index (χ1) is 11.0. The molecule has 1 heterocycles. The monoisotopic (exact) mass is 352 g/mol. The van der Waals surface area contributed by atoms with Crippen molar-refractivity contribution in [3.8, 4) is 0 Å². The number of hydrogen-bond acceptors (Lipinski definition) is 4. The zero-order chi connectivity index (χ0) is 17.1. The first-order valence-electron chi connectivity index (χ1n) is 9.43. The van der Waals surface area contributed by atoms with Crippen molar-refractivity contribution in [3.05, 3.63) is 0 Å². The Bertz CT molecular complexity index is 342. The van der Waals surface area contributed by atoms with E-state index in [-0.39, 0.29) is 36.1 Å². The molecule has 6 heteroatoms. The van der Waals surface area contributed by atoms with Crippen LogP contribution in [0.1, 0.15) is 78.1 Å². The van der Waals surface area contributed by atoms with Gasteiger partial charge in [-0.3, -0.25) is 15.0 Å². The van der Waals surface area contributed by atoms with Crippen LogP contribution < -0.4 is 5.32 Å². The predicted octanol–water partition coefficient (Wildman–Crippen LogP) is 2.33. The molecule has 0 spiro atoms. The standard InChI is InChI=1S/C18H36N2O3.Na.H/c1-3-4-5-6-7-8-9-10-11-12-18(16(2)21)19-13-14-20(18)15-17(22)23;;/h16,19,21H,3-15H2,1-2H3,(H,22,23);;. The van der Waals surface area contributed by atoms with Crippen molar-refractivity contribution < 1.29 is 15.0 Å². The van der Waals surface area contributed by atoms with Crippen LogP contribution in [0.15, 0.2) is 0 Å². The van der Waals surface area contributed by atoms with E-state index in [1.807, 2.05) is 4.90 Å². The van der Waals surface area contributed by atoms with Crippen LogP contribution in [0.2, 0.25) is 0 Å². The second-order valence-corrected chi connectivity index (χ2v) is 6.92. The summed E-state index contributed by atoms with van der Waals surface area (Å²) in [5.41, 5.74) is -0.556. The van der Waals surface area contributed by atoms with Crippen LogP contribution in [0.4, 0.5) is 0 Å². The fraction of sp³-hybridized carbons (Fsp3) is 0.944. The number of carboxylic acid groups (broad SMARTS) is 1. The molecule has 0 radical (unpaired) electrons. The Balaban J connectivity index is 0.00000529. The molecule has 0 saturated carbocycles. The molecular formula is C18H37N2NaO3. The number of aliphatic hydroxyl groups is 1. The average Bonchev–Trinajstić information content (AvgIpc) is 2.89. The van der Waals surface area contributed by atoms with Gasteiger partial charge < -0.3 is 10.2 Å². The third-order valence-corrected chi connectivity index (χ3v) is 5.06. The van der Waals surface area contributed by atoms with Gasteiger partial charge in [-0.25, -0.2) is 0 Å². The molecule has 2 atom stereocenters. The van der Waals surface area contributed by atoms with Crippen LogP contribution in [0.25, 0.3) is 0 Å². The van der Waals surface area contributed by atoms with Crippen LogP contribution in [0, 0.1) is 0 Å². The van der Waals surface area contributed by atoms with E-state index in [9.17, 15) is 9.90 Å². The third kappa shape index (κ3) is 8.15. The van der Waals surface area contributed by atoms with E-state index in [0.717, 1.165) is 25.8 Å². The molecule has 0 bridgehead atoms. The van der Waals surface area contributed by atoms with Crippen molar-refractivity contribution in [2.45, 2.75) is 89.8 Å². The minimum atomic E-state index is -0.828. The topological polar surface area (TPSA) is 72.8 Å². The van der Waals surface area contributed by atoms with Crippen molar-refractivity contribution >= 4 is 35.5 Å². The van der Waals surface area contributed by atoms with Gasteiger partial charge in [0, 0.05) is 13.1 Å². The molecule has 0 aromatic heterocycles. The second-order valence-electron chi connectivity index (χ2n) is 6.92. The van der Waals surface area contributed by atoms with Gasteiger partial charge in [0.2, 0.25) is 0 Å². The van der Waals surface area contributed by atoms with E-state index >= 15 is 0 Å². The van der Waals surface area contributed by atoms with Crippen molar-refractivity contribution in [1.29, 1.82) is 0 Å². The Morgan fingerprint density at radius 3 is 2.17 bits per heavy atom. The van der Waals surface area contributed by atoms with Crippen molar-refractivity contribution in [2.75, 3.05) is 19.6 Å². The molecular weight excluding hydrogens is 315 g/mol. The summed E-state index contributed by atoms with van der Waals surface area (Å²) in [4.78, 5) is 12.9. The molecule has 5 nitrogen and oxygen atoms in total. The molecule has 1 aliphatic heterocycles. The summed E-state index contributed by atoms with van der Waals surface area (Å²) in [6.45, 7) is 5.43. The van der Waals surface area contributed by atoms with Gasteiger partial charge in [0.25, 0.3) is 0 Å². The number of hydrogen-bond donors (Lipinski definition) is 3. The molecule has 2 unspecified atom stereocenters. The van der Waals surface area contributed by atoms with Crippen molar-refractivity contribution in [3.63, 3.8) is 0 Å². The molecule has 1 rings (SSSR count). The van der Waals surface area contributed by atoms with E-state index in [1.54, 1.807) is 6.92 Å². The molecule has 0 aromatic rings. The van der Waals surface area contributed by atoms with Gasteiger partial charge >= 0.3 is 35.5 Å². The number of aliphatic carboxylic acids is 1.